The zero-order chi connectivity index (χ0) is 17.3. The van der Waals surface area contributed by atoms with Gasteiger partial charge in [-0.2, -0.15) is 4.99 Å². The van der Waals surface area contributed by atoms with E-state index in [4.69, 9.17) is 16.5 Å². The molecule has 2 fully saturated rings. The second kappa shape index (κ2) is 6.58. The Labute approximate surface area is 149 Å². The molecule has 2 aliphatic heterocycles. The molecular formula is C19H28N6. The summed E-state index contributed by atoms with van der Waals surface area (Å²) in [6, 6.07) is 8.66. The summed E-state index contributed by atoms with van der Waals surface area (Å²) < 4.78 is 0. The minimum atomic E-state index is -0.366. The number of aliphatic imine (C=N–C) groups is 2. The number of piperidine rings is 1. The molecule has 1 aliphatic carbocycles. The number of nitrogens with zero attached hydrogens (tertiary/aromatic N) is 4. The van der Waals surface area contributed by atoms with Gasteiger partial charge in [0.2, 0.25) is 11.9 Å². The van der Waals surface area contributed by atoms with E-state index >= 15 is 0 Å². The number of anilines is 2. The van der Waals surface area contributed by atoms with Gasteiger partial charge in [-0.15, -0.1) is 0 Å². The first kappa shape index (κ1) is 16.2. The van der Waals surface area contributed by atoms with Gasteiger partial charge in [-0.3, -0.25) is 4.90 Å². The van der Waals surface area contributed by atoms with Gasteiger partial charge < -0.3 is 16.4 Å². The van der Waals surface area contributed by atoms with Gasteiger partial charge in [0.15, 0.2) is 0 Å². The summed E-state index contributed by atoms with van der Waals surface area (Å²) in [6.45, 7) is 2.26. The minimum Gasteiger partial charge on any atom is -0.371 e. The van der Waals surface area contributed by atoms with Crippen LogP contribution in [0.15, 0.2) is 34.3 Å². The Morgan fingerprint density at radius 3 is 2.32 bits per heavy atom. The molecule has 2 heterocycles. The molecule has 0 bridgehead atoms. The van der Waals surface area contributed by atoms with Gasteiger partial charge in [0.25, 0.3) is 0 Å². The van der Waals surface area contributed by atoms with Gasteiger partial charge in [-0.25, -0.2) is 4.99 Å². The SMILES string of the molecule is NC1=NC2(CCCCC2)N(c2cccc(N3CCCCC3)c2)C(N)=N1. The molecule has 1 saturated heterocycles. The van der Waals surface area contributed by atoms with Crippen LogP contribution >= 0.6 is 0 Å². The van der Waals surface area contributed by atoms with Crippen molar-refractivity contribution < 1.29 is 0 Å². The number of nitrogens with two attached hydrogens (primary N) is 2. The molecule has 1 spiro atoms. The predicted molar refractivity (Wildman–Crippen MR) is 104 cm³/mol. The highest BCUT2D eigenvalue weighted by Gasteiger charge is 2.42. The van der Waals surface area contributed by atoms with Crippen molar-refractivity contribution in [1.29, 1.82) is 0 Å². The smallest absolute Gasteiger partial charge is 0.220 e. The maximum Gasteiger partial charge on any atom is 0.220 e. The highest BCUT2D eigenvalue weighted by atomic mass is 15.4. The molecule has 1 aromatic rings. The Morgan fingerprint density at radius 2 is 1.56 bits per heavy atom. The summed E-state index contributed by atoms with van der Waals surface area (Å²) in [5.74, 6) is 0.771. The molecule has 25 heavy (non-hydrogen) atoms. The Bertz CT molecular complexity index is 683. The minimum absolute atomic E-state index is 0.308. The van der Waals surface area contributed by atoms with Crippen molar-refractivity contribution in [2.45, 2.75) is 57.0 Å². The van der Waals surface area contributed by atoms with E-state index in [1.54, 1.807) is 0 Å². The Morgan fingerprint density at radius 1 is 0.880 bits per heavy atom. The molecule has 0 unspecified atom stereocenters. The summed E-state index contributed by atoms with van der Waals surface area (Å²) in [6.07, 6.45) is 9.34. The van der Waals surface area contributed by atoms with Gasteiger partial charge >= 0.3 is 0 Å². The van der Waals surface area contributed by atoms with Gasteiger partial charge in [0.05, 0.1) is 0 Å². The van der Waals surface area contributed by atoms with E-state index in [0.29, 0.717) is 11.9 Å². The molecule has 0 amide bonds. The standard InChI is InChI=1S/C19H28N6/c20-17-22-18(21)25(19(23-17)10-3-1-4-11-19)16-9-7-8-15(14-16)24-12-5-2-6-13-24/h7-9,14H,1-6,10-13H2,(H4,20,21,22,23). The van der Waals surface area contributed by atoms with E-state index in [-0.39, 0.29) is 5.66 Å². The Hall–Kier alpha value is -2.24. The summed E-state index contributed by atoms with van der Waals surface area (Å²) in [7, 11) is 0. The van der Waals surface area contributed by atoms with Crippen LogP contribution in [0.25, 0.3) is 0 Å². The van der Waals surface area contributed by atoms with Crippen LogP contribution in [-0.4, -0.2) is 30.7 Å². The molecule has 0 aromatic heterocycles. The molecule has 4 rings (SSSR count). The third-order valence-electron chi connectivity index (χ3n) is 5.66. The average molecular weight is 340 g/mol. The zero-order valence-corrected chi connectivity index (χ0v) is 14.8. The van der Waals surface area contributed by atoms with Gasteiger partial charge in [-0.1, -0.05) is 12.5 Å². The molecule has 0 atom stereocenters. The third kappa shape index (κ3) is 3.05. The summed E-state index contributed by atoms with van der Waals surface area (Å²) in [5.41, 5.74) is 14.3. The lowest BCUT2D eigenvalue weighted by Gasteiger charge is -2.45. The first-order valence-electron chi connectivity index (χ1n) is 9.53. The molecule has 1 saturated carbocycles. The molecule has 6 heteroatoms. The van der Waals surface area contributed by atoms with Crippen LogP contribution in [0.4, 0.5) is 11.4 Å². The normalized spacial score (nSPS) is 23.4. The van der Waals surface area contributed by atoms with E-state index < -0.39 is 0 Å². The van der Waals surface area contributed by atoms with E-state index in [9.17, 15) is 0 Å². The van der Waals surface area contributed by atoms with Crippen LogP contribution in [-0.2, 0) is 0 Å². The lowest BCUT2D eigenvalue weighted by Crippen LogP contribution is -2.58. The molecule has 4 N–H and O–H groups in total. The van der Waals surface area contributed by atoms with E-state index in [1.807, 2.05) is 0 Å². The highest BCUT2D eigenvalue weighted by molar-refractivity contribution is 6.05. The van der Waals surface area contributed by atoms with Gasteiger partial charge in [-0.05, 0) is 63.1 Å². The van der Waals surface area contributed by atoms with Crippen LogP contribution < -0.4 is 21.3 Å². The topological polar surface area (TPSA) is 83.2 Å². The molecule has 6 nitrogen and oxygen atoms in total. The van der Waals surface area contributed by atoms with Crippen LogP contribution in [0.3, 0.4) is 0 Å². The van der Waals surface area contributed by atoms with E-state index in [2.05, 4.69) is 39.1 Å². The second-order valence-corrected chi connectivity index (χ2v) is 7.39. The second-order valence-electron chi connectivity index (χ2n) is 7.39. The summed E-state index contributed by atoms with van der Waals surface area (Å²) in [4.78, 5) is 13.6. The van der Waals surface area contributed by atoms with Crippen LogP contribution in [0.5, 0.6) is 0 Å². The third-order valence-corrected chi connectivity index (χ3v) is 5.66. The van der Waals surface area contributed by atoms with Crippen LogP contribution in [0, 0.1) is 0 Å². The predicted octanol–water partition coefficient (Wildman–Crippen LogP) is 2.79. The van der Waals surface area contributed by atoms with Crippen molar-refractivity contribution >= 4 is 23.3 Å². The van der Waals surface area contributed by atoms with Crippen LogP contribution in [0.2, 0.25) is 0 Å². The van der Waals surface area contributed by atoms with Gasteiger partial charge in [0.1, 0.15) is 5.66 Å². The lowest BCUT2D eigenvalue weighted by atomic mass is 9.87. The maximum absolute atomic E-state index is 6.34. The Balaban J connectivity index is 1.70. The molecular weight excluding hydrogens is 312 g/mol. The van der Waals surface area contributed by atoms with Crippen molar-refractivity contribution in [1.82, 2.24) is 0 Å². The molecule has 0 radical (unpaired) electrons. The van der Waals surface area contributed by atoms with Crippen molar-refractivity contribution in [3.8, 4) is 0 Å². The average Bonchev–Trinajstić information content (AvgIpc) is 2.63. The highest BCUT2D eigenvalue weighted by Crippen LogP contribution is 2.40. The zero-order valence-electron chi connectivity index (χ0n) is 14.8. The van der Waals surface area contributed by atoms with Crippen LogP contribution in [0.1, 0.15) is 51.4 Å². The number of hydrogen-bond donors (Lipinski definition) is 2. The first-order valence-corrected chi connectivity index (χ1v) is 9.53. The van der Waals surface area contributed by atoms with E-state index in [1.165, 1.54) is 31.4 Å². The van der Waals surface area contributed by atoms with Crippen molar-refractivity contribution in [3.05, 3.63) is 24.3 Å². The van der Waals surface area contributed by atoms with Crippen molar-refractivity contribution in [2.75, 3.05) is 22.9 Å². The quantitative estimate of drug-likeness (QED) is 0.867. The van der Waals surface area contributed by atoms with Crippen molar-refractivity contribution in [2.24, 2.45) is 21.5 Å². The first-order chi connectivity index (χ1) is 12.2. The van der Waals surface area contributed by atoms with Crippen molar-refractivity contribution in [3.63, 3.8) is 0 Å². The number of benzene rings is 1. The molecule has 1 aromatic carbocycles. The number of hydrogen-bond acceptors (Lipinski definition) is 6. The fourth-order valence-corrected chi connectivity index (χ4v) is 4.48. The van der Waals surface area contributed by atoms with E-state index in [0.717, 1.165) is 44.5 Å². The molecule has 3 aliphatic rings. The lowest BCUT2D eigenvalue weighted by molar-refractivity contribution is 0.305. The maximum atomic E-state index is 6.34. The van der Waals surface area contributed by atoms with Gasteiger partial charge in [0, 0.05) is 24.5 Å². The summed E-state index contributed by atoms with van der Waals surface area (Å²) >= 11 is 0. The largest absolute Gasteiger partial charge is 0.371 e. The molecule has 134 valence electrons. The Kier molecular flexibility index (Phi) is 4.27. The monoisotopic (exact) mass is 340 g/mol. The fourth-order valence-electron chi connectivity index (χ4n) is 4.48. The number of guanidine groups is 2. The summed E-state index contributed by atoms with van der Waals surface area (Å²) in [5, 5.41) is 0. The fraction of sp³-hybridized carbons (Fsp3) is 0.579. The number of rotatable bonds is 2.